The van der Waals surface area contributed by atoms with E-state index in [9.17, 15) is 0 Å². The van der Waals surface area contributed by atoms with Crippen molar-refractivity contribution in [1.82, 2.24) is 10.6 Å². The maximum absolute atomic E-state index is 5.72. The third kappa shape index (κ3) is 5.36. The summed E-state index contributed by atoms with van der Waals surface area (Å²) >= 11 is 0. The van der Waals surface area contributed by atoms with Crippen LogP contribution < -0.4 is 15.4 Å². The van der Waals surface area contributed by atoms with Crippen LogP contribution in [0.1, 0.15) is 29.2 Å². The van der Waals surface area contributed by atoms with E-state index in [0.717, 1.165) is 37.7 Å². The highest BCUT2D eigenvalue weighted by atomic mass is 127. The molecule has 3 rings (SSSR count). The molecule has 0 radical (unpaired) electrons. The van der Waals surface area contributed by atoms with Crippen LogP contribution in [0, 0.1) is 6.92 Å². The summed E-state index contributed by atoms with van der Waals surface area (Å²) in [5, 5.41) is 6.92. The summed E-state index contributed by atoms with van der Waals surface area (Å²) in [4.78, 5) is 4.35. The van der Waals surface area contributed by atoms with Crippen molar-refractivity contribution in [3.8, 4) is 5.75 Å². The smallest absolute Gasteiger partial charge is 0.191 e. The summed E-state index contributed by atoms with van der Waals surface area (Å²) in [5.74, 6) is 1.81. The minimum absolute atomic E-state index is 0. The number of para-hydroxylation sites is 1. The number of fused-ring (bicyclic) bond motifs is 1. The normalized spacial score (nSPS) is 16.2. The summed E-state index contributed by atoms with van der Waals surface area (Å²) in [7, 11) is 1.81. The van der Waals surface area contributed by atoms with Gasteiger partial charge in [-0.3, -0.25) is 4.99 Å². The van der Waals surface area contributed by atoms with Gasteiger partial charge in [-0.2, -0.15) is 0 Å². The Balaban J connectivity index is 0.00000225. The van der Waals surface area contributed by atoms with Crippen LogP contribution in [0.25, 0.3) is 0 Å². The van der Waals surface area contributed by atoms with Crippen molar-refractivity contribution in [1.29, 1.82) is 0 Å². The van der Waals surface area contributed by atoms with E-state index in [1.54, 1.807) is 0 Å². The monoisotopic (exact) mass is 451 g/mol. The van der Waals surface area contributed by atoms with Crippen LogP contribution in [-0.4, -0.2) is 26.2 Å². The molecule has 0 saturated carbocycles. The van der Waals surface area contributed by atoms with Gasteiger partial charge in [-0.15, -0.1) is 24.0 Å². The number of aliphatic imine (C=N–C) groups is 1. The second kappa shape index (κ2) is 9.65. The second-order valence-electron chi connectivity index (χ2n) is 6.11. The summed E-state index contributed by atoms with van der Waals surface area (Å²) < 4.78 is 5.72. The van der Waals surface area contributed by atoms with Gasteiger partial charge >= 0.3 is 0 Å². The lowest BCUT2D eigenvalue weighted by atomic mass is 10.0. The first-order chi connectivity index (χ1) is 11.8. The molecule has 5 heteroatoms. The van der Waals surface area contributed by atoms with Gasteiger partial charge in [-0.05, 0) is 25.0 Å². The minimum atomic E-state index is 0. The van der Waals surface area contributed by atoms with E-state index >= 15 is 0 Å². The minimum Gasteiger partial charge on any atom is -0.493 e. The third-order valence-electron chi connectivity index (χ3n) is 4.32. The molecule has 1 aliphatic heterocycles. The van der Waals surface area contributed by atoms with Crippen molar-refractivity contribution in [2.24, 2.45) is 4.99 Å². The fourth-order valence-electron chi connectivity index (χ4n) is 2.93. The van der Waals surface area contributed by atoms with Crippen LogP contribution in [-0.2, 0) is 6.42 Å². The number of hydrogen-bond acceptors (Lipinski definition) is 2. The van der Waals surface area contributed by atoms with Gasteiger partial charge in [-0.25, -0.2) is 0 Å². The van der Waals surface area contributed by atoms with Crippen molar-refractivity contribution < 1.29 is 4.74 Å². The zero-order valence-electron chi connectivity index (χ0n) is 14.8. The molecule has 2 aromatic rings. The van der Waals surface area contributed by atoms with Crippen molar-refractivity contribution in [2.75, 3.05) is 20.2 Å². The van der Waals surface area contributed by atoms with E-state index in [0.29, 0.717) is 0 Å². The Morgan fingerprint density at radius 2 is 1.92 bits per heavy atom. The van der Waals surface area contributed by atoms with Crippen LogP contribution in [0.3, 0.4) is 0 Å². The first-order valence-electron chi connectivity index (χ1n) is 8.51. The highest BCUT2D eigenvalue weighted by Crippen LogP contribution is 2.31. The summed E-state index contributed by atoms with van der Waals surface area (Å²) in [6, 6.07) is 17.1. The quantitative estimate of drug-likeness (QED) is 0.422. The third-order valence-corrected chi connectivity index (χ3v) is 4.32. The van der Waals surface area contributed by atoms with Gasteiger partial charge < -0.3 is 15.4 Å². The van der Waals surface area contributed by atoms with E-state index < -0.39 is 0 Å². The molecule has 1 atom stereocenters. The molecule has 2 aromatic carbocycles. The summed E-state index contributed by atoms with van der Waals surface area (Å²) in [5.41, 5.74) is 3.83. The molecule has 1 unspecified atom stereocenters. The highest BCUT2D eigenvalue weighted by molar-refractivity contribution is 14.0. The number of hydrogen-bond donors (Lipinski definition) is 2. The molecule has 25 heavy (non-hydrogen) atoms. The first-order valence-corrected chi connectivity index (χ1v) is 8.51. The molecular weight excluding hydrogens is 425 g/mol. The van der Waals surface area contributed by atoms with Crippen LogP contribution in [0.2, 0.25) is 0 Å². The van der Waals surface area contributed by atoms with Crippen molar-refractivity contribution in [3.63, 3.8) is 0 Å². The van der Waals surface area contributed by atoms with Gasteiger partial charge in [0.1, 0.15) is 5.75 Å². The Morgan fingerprint density at radius 1 is 1.16 bits per heavy atom. The van der Waals surface area contributed by atoms with Gasteiger partial charge in [0.25, 0.3) is 0 Å². The van der Waals surface area contributed by atoms with Crippen molar-refractivity contribution >= 4 is 29.9 Å². The standard InChI is InChI=1S/C20H25N3O.HI/c1-15-7-9-16(10-8-15)11-13-22-20(21-2)23-18-12-14-24-19-6-4-3-5-17(18)19;/h3-10,18H,11-14H2,1-2H3,(H2,21,22,23);1H. The number of rotatable bonds is 4. The topological polar surface area (TPSA) is 45.7 Å². The Kier molecular flexibility index (Phi) is 7.55. The van der Waals surface area contributed by atoms with Gasteiger partial charge in [0.05, 0.1) is 12.6 Å². The molecule has 4 nitrogen and oxygen atoms in total. The molecule has 0 aliphatic carbocycles. The van der Waals surface area contributed by atoms with Crippen molar-refractivity contribution in [3.05, 3.63) is 65.2 Å². The number of benzene rings is 2. The number of guanidine groups is 1. The molecule has 1 heterocycles. The van der Waals surface area contributed by atoms with Crippen LogP contribution in [0.5, 0.6) is 5.75 Å². The van der Waals surface area contributed by atoms with E-state index in [-0.39, 0.29) is 30.0 Å². The molecule has 0 amide bonds. The lowest BCUT2D eigenvalue weighted by Crippen LogP contribution is -2.41. The lowest BCUT2D eigenvalue weighted by Gasteiger charge is -2.28. The van der Waals surface area contributed by atoms with Crippen LogP contribution >= 0.6 is 24.0 Å². The second-order valence-corrected chi connectivity index (χ2v) is 6.11. The molecule has 0 spiro atoms. The Morgan fingerprint density at radius 3 is 2.68 bits per heavy atom. The maximum Gasteiger partial charge on any atom is 0.191 e. The highest BCUT2D eigenvalue weighted by Gasteiger charge is 2.21. The average molecular weight is 451 g/mol. The Labute approximate surface area is 167 Å². The van der Waals surface area contributed by atoms with E-state index in [2.05, 4.69) is 58.9 Å². The van der Waals surface area contributed by atoms with E-state index in [1.807, 2.05) is 19.2 Å². The molecule has 2 N–H and O–H groups in total. The Hall–Kier alpha value is -1.76. The van der Waals surface area contributed by atoms with Gasteiger partial charge in [0, 0.05) is 25.6 Å². The molecular formula is C20H26IN3O. The summed E-state index contributed by atoms with van der Waals surface area (Å²) in [6.07, 6.45) is 1.92. The molecule has 0 fully saturated rings. The molecule has 0 aromatic heterocycles. The fourth-order valence-corrected chi connectivity index (χ4v) is 2.93. The fraction of sp³-hybridized carbons (Fsp3) is 0.350. The molecule has 1 aliphatic rings. The van der Waals surface area contributed by atoms with Gasteiger partial charge in [-0.1, -0.05) is 48.0 Å². The molecule has 0 bridgehead atoms. The number of ether oxygens (including phenoxy) is 1. The molecule has 0 saturated heterocycles. The maximum atomic E-state index is 5.72. The predicted octanol–water partition coefficient (Wildman–Crippen LogP) is 3.84. The predicted molar refractivity (Wildman–Crippen MR) is 114 cm³/mol. The van der Waals surface area contributed by atoms with Gasteiger partial charge in [0.2, 0.25) is 0 Å². The van der Waals surface area contributed by atoms with Crippen molar-refractivity contribution in [2.45, 2.75) is 25.8 Å². The number of nitrogens with zero attached hydrogens (tertiary/aromatic N) is 1. The summed E-state index contributed by atoms with van der Waals surface area (Å²) in [6.45, 7) is 3.70. The SMILES string of the molecule is CN=C(NCCc1ccc(C)cc1)NC1CCOc2ccccc21.I. The zero-order valence-corrected chi connectivity index (χ0v) is 17.1. The van der Waals surface area contributed by atoms with Crippen LogP contribution in [0.15, 0.2) is 53.5 Å². The van der Waals surface area contributed by atoms with Crippen LogP contribution in [0.4, 0.5) is 0 Å². The van der Waals surface area contributed by atoms with Gasteiger partial charge in [0.15, 0.2) is 5.96 Å². The first kappa shape index (κ1) is 19.6. The lowest BCUT2D eigenvalue weighted by molar-refractivity contribution is 0.261. The number of nitrogens with one attached hydrogen (secondary N) is 2. The average Bonchev–Trinajstić information content (AvgIpc) is 2.62. The van der Waals surface area contributed by atoms with E-state index in [1.165, 1.54) is 16.7 Å². The molecule has 134 valence electrons. The van der Waals surface area contributed by atoms with E-state index in [4.69, 9.17) is 4.74 Å². The number of aryl methyl sites for hydroxylation is 1. The number of halogens is 1. The zero-order chi connectivity index (χ0) is 16.8. The Bertz CT molecular complexity index is 700. The largest absolute Gasteiger partial charge is 0.493 e.